The fourth-order valence-corrected chi connectivity index (χ4v) is 4.33. The molecule has 0 saturated carbocycles. The lowest BCUT2D eigenvalue weighted by atomic mass is 10.2. The van der Waals surface area contributed by atoms with Gasteiger partial charge in [0, 0.05) is 38.7 Å². The second-order valence-electron chi connectivity index (χ2n) is 7.02. The Morgan fingerprint density at radius 2 is 1.78 bits per heavy atom. The van der Waals surface area contributed by atoms with Crippen LogP contribution < -0.4 is 9.47 Å². The molecule has 1 fully saturated rings. The largest absolute Gasteiger partial charge is 0.490 e. The summed E-state index contributed by atoms with van der Waals surface area (Å²) in [6.07, 6.45) is 0.363. The van der Waals surface area contributed by atoms with Gasteiger partial charge in [0.1, 0.15) is 0 Å². The molecule has 150 valence electrons. The van der Waals surface area contributed by atoms with Gasteiger partial charge < -0.3 is 19.1 Å². The second kappa shape index (κ2) is 8.35. The molecule has 0 aromatic heterocycles. The van der Waals surface area contributed by atoms with Crippen molar-refractivity contribution in [1.29, 1.82) is 0 Å². The van der Waals surface area contributed by atoms with Crippen LogP contribution in [0.25, 0.3) is 0 Å². The molecule has 9 heteroatoms. The van der Waals surface area contributed by atoms with E-state index in [-0.39, 0.29) is 23.9 Å². The first-order valence-electron chi connectivity index (χ1n) is 9.19. The predicted octanol–water partition coefficient (Wildman–Crippen LogP) is 1.95. The Morgan fingerprint density at radius 3 is 2.44 bits per heavy atom. The molecule has 0 N–H and O–H groups in total. The standard InChI is InChI=1S/C18H26N2O6S/c1-14(2)13-26-18(21)19-6-8-20(9-7-19)27(22,23)15-4-5-16-17(12-15)25-11-3-10-24-16/h4-5,12,14H,3,6-11,13H2,1-2H3. The lowest BCUT2D eigenvalue weighted by Gasteiger charge is -2.33. The van der Waals surface area contributed by atoms with Crippen LogP contribution in [0.2, 0.25) is 0 Å². The van der Waals surface area contributed by atoms with Crippen LogP contribution in [0.5, 0.6) is 11.5 Å². The van der Waals surface area contributed by atoms with Crippen molar-refractivity contribution in [1.82, 2.24) is 9.21 Å². The van der Waals surface area contributed by atoms with Crippen molar-refractivity contribution in [3.8, 4) is 11.5 Å². The molecule has 1 saturated heterocycles. The van der Waals surface area contributed by atoms with E-state index in [1.54, 1.807) is 11.0 Å². The molecule has 1 amide bonds. The number of carbonyl (C=O) groups excluding carboxylic acids is 1. The van der Waals surface area contributed by atoms with Gasteiger partial charge in [0.15, 0.2) is 11.5 Å². The van der Waals surface area contributed by atoms with Crippen molar-refractivity contribution in [3.63, 3.8) is 0 Å². The summed E-state index contributed by atoms with van der Waals surface area (Å²) in [7, 11) is -3.66. The smallest absolute Gasteiger partial charge is 0.409 e. The third-order valence-corrected chi connectivity index (χ3v) is 6.29. The Kier molecular flexibility index (Phi) is 6.11. The highest BCUT2D eigenvalue weighted by molar-refractivity contribution is 7.89. The van der Waals surface area contributed by atoms with Gasteiger partial charge in [-0.2, -0.15) is 4.31 Å². The molecule has 0 radical (unpaired) electrons. The van der Waals surface area contributed by atoms with Gasteiger partial charge in [-0.15, -0.1) is 0 Å². The molecule has 0 unspecified atom stereocenters. The van der Waals surface area contributed by atoms with E-state index in [9.17, 15) is 13.2 Å². The Morgan fingerprint density at radius 1 is 1.11 bits per heavy atom. The van der Waals surface area contributed by atoms with Crippen LogP contribution in [-0.2, 0) is 14.8 Å². The fraction of sp³-hybridized carbons (Fsp3) is 0.611. The zero-order chi connectivity index (χ0) is 19.4. The topological polar surface area (TPSA) is 85.4 Å². The Balaban J connectivity index is 1.65. The zero-order valence-electron chi connectivity index (χ0n) is 15.7. The van der Waals surface area contributed by atoms with E-state index < -0.39 is 16.1 Å². The number of fused-ring (bicyclic) bond motifs is 1. The molecule has 8 nitrogen and oxygen atoms in total. The van der Waals surface area contributed by atoms with Crippen LogP contribution in [-0.4, -0.2) is 69.7 Å². The molecule has 2 heterocycles. The van der Waals surface area contributed by atoms with Crippen molar-refractivity contribution >= 4 is 16.1 Å². The number of nitrogens with zero attached hydrogens (tertiary/aromatic N) is 2. The molecule has 0 aliphatic carbocycles. The van der Waals surface area contributed by atoms with E-state index in [0.717, 1.165) is 6.42 Å². The molecule has 2 aliphatic rings. The van der Waals surface area contributed by atoms with Crippen LogP contribution in [0.3, 0.4) is 0 Å². The summed E-state index contributed by atoms with van der Waals surface area (Å²) in [4.78, 5) is 13.7. The SMILES string of the molecule is CC(C)COC(=O)N1CCN(S(=O)(=O)c2ccc3c(c2)OCCCO3)CC1. The highest BCUT2D eigenvalue weighted by atomic mass is 32.2. The van der Waals surface area contributed by atoms with Crippen molar-refractivity contribution in [3.05, 3.63) is 18.2 Å². The minimum atomic E-state index is -3.66. The highest BCUT2D eigenvalue weighted by Crippen LogP contribution is 2.33. The summed E-state index contributed by atoms with van der Waals surface area (Å²) in [5, 5.41) is 0. The number of amides is 1. The van der Waals surface area contributed by atoms with E-state index in [1.807, 2.05) is 13.8 Å². The number of sulfonamides is 1. The summed E-state index contributed by atoms with van der Waals surface area (Å²) < 4.78 is 43.6. The number of hydrogen-bond acceptors (Lipinski definition) is 6. The van der Waals surface area contributed by atoms with Gasteiger partial charge in [0.25, 0.3) is 0 Å². The first-order chi connectivity index (χ1) is 12.9. The summed E-state index contributed by atoms with van der Waals surface area (Å²) >= 11 is 0. The fourth-order valence-electron chi connectivity index (χ4n) is 2.89. The molecule has 3 rings (SSSR count). The van der Waals surface area contributed by atoms with Crippen LogP contribution in [0.1, 0.15) is 20.3 Å². The Labute approximate surface area is 160 Å². The van der Waals surface area contributed by atoms with Gasteiger partial charge in [-0.1, -0.05) is 13.8 Å². The summed E-state index contributed by atoms with van der Waals surface area (Å²) in [6, 6.07) is 4.68. The maximum Gasteiger partial charge on any atom is 0.409 e. The average molecular weight is 398 g/mol. The molecule has 0 spiro atoms. The maximum absolute atomic E-state index is 12.9. The molecule has 1 aromatic carbocycles. The zero-order valence-corrected chi connectivity index (χ0v) is 16.5. The van der Waals surface area contributed by atoms with Crippen LogP contribution in [0, 0.1) is 5.92 Å². The maximum atomic E-state index is 12.9. The van der Waals surface area contributed by atoms with Crippen LogP contribution in [0.15, 0.2) is 23.1 Å². The lowest BCUT2D eigenvalue weighted by molar-refractivity contribution is 0.0804. The molecule has 2 aliphatic heterocycles. The van der Waals surface area contributed by atoms with E-state index in [0.29, 0.717) is 44.4 Å². The van der Waals surface area contributed by atoms with Crippen molar-refractivity contribution in [2.75, 3.05) is 46.0 Å². The number of piperazine rings is 1. The molecule has 27 heavy (non-hydrogen) atoms. The molecular formula is C18H26N2O6S. The van der Waals surface area contributed by atoms with Crippen LogP contribution in [0.4, 0.5) is 4.79 Å². The molecule has 0 bridgehead atoms. The molecule has 1 aromatic rings. The first-order valence-corrected chi connectivity index (χ1v) is 10.6. The van der Waals surface area contributed by atoms with Crippen LogP contribution >= 0.6 is 0 Å². The minimum Gasteiger partial charge on any atom is -0.490 e. The second-order valence-corrected chi connectivity index (χ2v) is 8.96. The third kappa shape index (κ3) is 4.65. The number of ether oxygens (including phenoxy) is 3. The highest BCUT2D eigenvalue weighted by Gasteiger charge is 2.31. The van der Waals surface area contributed by atoms with E-state index in [2.05, 4.69) is 0 Å². The first kappa shape index (κ1) is 19.8. The van der Waals surface area contributed by atoms with Gasteiger partial charge in [0.2, 0.25) is 10.0 Å². The van der Waals surface area contributed by atoms with E-state index >= 15 is 0 Å². The minimum absolute atomic E-state index is 0.169. The van der Waals surface area contributed by atoms with Gasteiger partial charge >= 0.3 is 6.09 Å². The number of carbonyl (C=O) groups is 1. The third-order valence-electron chi connectivity index (χ3n) is 4.39. The molecule has 0 atom stereocenters. The number of benzene rings is 1. The molecular weight excluding hydrogens is 372 g/mol. The predicted molar refractivity (Wildman–Crippen MR) is 98.6 cm³/mol. The summed E-state index contributed by atoms with van der Waals surface area (Å²) in [5.41, 5.74) is 0. The van der Waals surface area contributed by atoms with Crippen molar-refractivity contribution in [2.45, 2.75) is 25.2 Å². The van der Waals surface area contributed by atoms with Gasteiger partial charge in [-0.3, -0.25) is 0 Å². The van der Waals surface area contributed by atoms with Crippen molar-refractivity contribution in [2.24, 2.45) is 5.92 Å². The van der Waals surface area contributed by atoms with E-state index in [4.69, 9.17) is 14.2 Å². The van der Waals surface area contributed by atoms with Crippen molar-refractivity contribution < 1.29 is 27.4 Å². The van der Waals surface area contributed by atoms with Gasteiger partial charge in [-0.05, 0) is 18.1 Å². The van der Waals surface area contributed by atoms with E-state index in [1.165, 1.54) is 16.4 Å². The average Bonchev–Trinajstić information content (AvgIpc) is 2.91. The summed E-state index contributed by atoms with van der Waals surface area (Å²) in [5.74, 6) is 1.27. The number of hydrogen-bond donors (Lipinski definition) is 0. The Hall–Kier alpha value is -2.00. The Bertz CT molecular complexity index is 772. The monoisotopic (exact) mass is 398 g/mol. The number of rotatable bonds is 4. The van der Waals surface area contributed by atoms with Gasteiger partial charge in [0.05, 0.1) is 24.7 Å². The van der Waals surface area contributed by atoms with Gasteiger partial charge in [-0.25, -0.2) is 13.2 Å². The normalized spacial score (nSPS) is 18.3. The lowest BCUT2D eigenvalue weighted by Crippen LogP contribution is -2.50. The summed E-state index contributed by atoms with van der Waals surface area (Å²) in [6.45, 7) is 6.40. The quantitative estimate of drug-likeness (QED) is 0.771.